The van der Waals surface area contributed by atoms with Crippen molar-refractivity contribution in [3.05, 3.63) is 46.7 Å². The zero-order valence-corrected chi connectivity index (χ0v) is 16.2. The number of carboxylic acids is 1. The first-order valence-electron chi connectivity index (χ1n) is 8.45. The van der Waals surface area contributed by atoms with E-state index in [9.17, 15) is 14.4 Å². The molecule has 0 radical (unpaired) electrons. The molecule has 1 aromatic heterocycles. The van der Waals surface area contributed by atoms with Crippen molar-refractivity contribution in [2.24, 2.45) is 0 Å². The van der Waals surface area contributed by atoms with E-state index in [0.29, 0.717) is 41.0 Å². The van der Waals surface area contributed by atoms with Gasteiger partial charge in [-0.05, 0) is 25.3 Å². The number of hydrogen-bond donors (Lipinski definition) is 3. The standard InChI is InChI=1S/C19H20N2O6S/c1-3-26-14-11-13(21-19(25)16-6-5-9-28-16)15(27-4-2)10-12(14)20-17(22)7-8-18(23)24/h5-11H,3-4H2,1-2H3,(H,20,22)(H,21,25)(H,23,24). The summed E-state index contributed by atoms with van der Waals surface area (Å²) in [6.45, 7) is 4.22. The maximum atomic E-state index is 12.4. The van der Waals surface area contributed by atoms with Crippen molar-refractivity contribution in [2.75, 3.05) is 23.8 Å². The minimum atomic E-state index is -1.23. The molecule has 0 aliphatic heterocycles. The van der Waals surface area contributed by atoms with Crippen molar-refractivity contribution >= 4 is 40.5 Å². The van der Waals surface area contributed by atoms with Gasteiger partial charge in [-0.15, -0.1) is 11.3 Å². The maximum Gasteiger partial charge on any atom is 0.328 e. The Bertz CT molecular complexity index is 877. The molecule has 8 nitrogen and oxygen atoms in total. The van der Waals surface area contributed by atoms with Crippen molar-refractivity contribution in [3.8, 4) is 11.5 Å². The summed E-state index contributed by atoms with van der Waals surface area (Å²) in [6.07, 6.45) is 1.62. The van der Waals surface area contributed by atoms with Crippen molar-refractivity contribution in [3.63, 3.8) is 0 Å². The van der Waals surface area contributed by atoms with Gasteiger partial charge in [0.25, 0.3) is 5.91 Å². The molecule has 0 spiro atoms. The third-order valence-electron chi connectivity index (χ3n) is 3.31. The molecule has 1 heterocycles. The lowest BCUT2D eigenvalue weighted by molar-refractivity contribution is -0.131. The van der Waals surface area contributed by atoms with Crippen LogP contribution < -0.4 is 20.1 Å². The van der Waals surface area contributed by atoms with Crippen LogP contribution in [0, 0.1) is 0 Å². The molecule has 0 aliphatic rings. The molecule has 0 fully saturated rings. The van der Waals surface area contributed by atoms with E-state index >= 15 is 0 Å². The van der Waals surface area contributed by atoms with Gasteiger partial charge in [0.2, 0.25) is 5.91 Å². The van der Waals surface area contributed by atoms with Crippen molar-refractivity contribution in [2.45, 2.75) is 13.8 Å². The maximum absolute atomic E-state index is 12.4. The highest BCUT2D eigenvalue weighted by atomic mass is 32.1. The Morgan fingerprint density at radius 3 is 2.14 bits per heavy atom. The summed E-state index contributed by atoms with van der Waals surface area (Å²) in [4.78, 5) is 35.4. The number of hydrogen-bond acceptors (Lipinski definition) is 6. The van der Waals surface area contributed by atoms with Crippen LogP contribution in [0.2, 0.25) is 0 Å². The van der Waals surface area contributed by atoms with E-state index in [1.54, 1.807) is 37.4 Å². The van der Waals surface area contributed by atoms with Crippen LogP contribution in [-0.2, 0) is 9.59 Å². The zero-order valence-electron chi connectivity index (χ0n) is 15.4. The van der Waals surface area contributed by atoms with Gasteiger partial charge in [0, 0.05) is 24.3 Å². The number of thiophene rings is 1. The number of carbonyl (C=O) groups excluding carboxylic acids is 2. The van der Waals surface area contributed by atoms with Crippen LogP contribution in [0.3, 0.4) is 0 Å². The molecule has 0 saturated heterocycles. The average Bonchev–Trinajstić information content (AvgIpc) is 3.18. The molecule has 1 aromatic carbocycles. The summed E-state index contributed by atoms with van der Waals surface area (Å²) in [5.41, 5.74) is 0.683. The molecule has 0 atom stereocenters. The highest BCUT2D eigenvalue weighted by Crippen LogP contribution is 2.37. The summed E-state index contributed by atoms with van der Waals surface area (Å²) in [7, 11) is 0. The number of carbonyl (C=O) groups is 3. The summed E-state index contributed by atoms with van der Waals surface area (Å²) in [6, 6.07) is 6.55. The molecule has 3 N–H and O–H groups in total. The molecule has 2 amide bonds. The SMILES string of the molecule is CCOc1cc(NC(=O)c2cccs2)c(OCC)cc1NC(=O)C=CC(=O)O. The van der Waals surface area contributed by atoms with Crippen molar-refractivity contribution in [1.29, 1.82) is 0 Å². The van der Waals surface area contributed by atoms with E-state index in [2.05, 4.69) is 10.6 Å². The van der Waals surface area contributed by atoms with Crippen LogP contribution >= 0.6 is 11.3 Å². The molecule has 0 saturated carbocycles. The monoisotopic (exact) mass is 404 g/mol. The van der Waals surface area contributed by atoms with Gasteiger partial charge in [0.05, 0.1) is 29.5 Å². The van der Waals surface area contributed by atoms with Crippen LogP contribution in [0.15, 0.2) is 41.8 Å². The van der Waals surface area contributed by atoms with Gasteiger partial charge in [0.15, 0.2) is 0 Å². The van der Waals surface area contributed by atoms with E-state index in [1.165, 1.54) is 17.4 Å². The number of benzene rings is 1. The van der Waals surface area contributed by atoms with Gasteiger partial charge in [-0.2, -0.15) is 0 Å². The van der Waals surface area contributed by atoms with E-state index in [1.807, 2.05) is 0 Å². The van der Waals surface area contributed by atoms with Crippen LogP contribution in [0.1, 0.15) is 23.5 Å². The predicted molar refractivity (Wildman–Crippen MR) is 106 cm³/mol. The van der Waals surface area contributed by atoms with Gasteiger partial charge in [-0.1, -0.05) is 6.07 Å². The zero-order chi connectivity index (χ0) is 20.5. The Hall–Kier alpha value is -3.33. The first-order chi connectivity index (χ1) is 13.4. The smallest absolute Gasteiger partial charge is 0.328 e. The highest BCUT2D eigenvalue weighted by Gasteiger charge is 2.17. The summed E-state index contributed by atoms with van der Waals surface area (Å²) >= 11 is 1.31. The van der Waals surface area contributed by atoms with Gasteiger partial charge in [-0.3, -0.25) is 9.59 Å². The summed E-state index contributed by atoms with van der Waals surface area (Å²) in [5, 5.41) is 15.8. The van der Waals surface area contributed by atoms with Crippen molar-refractivity contribution in [1.82, 2.24) is 0 Å². The molecule has 148 valence electrons. The fraction of sp³-hybridized carbons (Fsp3) is 0.211. The minimum absolute atomic E-state index is 0.291. The van der Waals surface area contributed by atoms with Gasteiger partial charge in [0.1, 0.15) is 11.5 Å². The molecule has 2 aromatic rings. The number of aliphatic carboxylic acids is 1. The highest BCUT2D eigenvalue weighted by molar-refractivity contribution is 7.12. The minimum Gasteiger partial charge on any atom is -0.492 e. The average molecular weight is 404 g/mol. The van der Waals surface area contributed by atoms with Crippen LogP contribution in [0.5, 0.6) is 11.5 Å². The topological polar surface area (TPSA) is 114 Å². The number of carboxylic acid groups (broad SMARTS) is 1. The molecule has 2 rings (SSSR count). The first-order valence-corrected chi connectivity index (χ1v) is 9.33. The lowest BCUT2D eigenvalue weighted by Crippen LogP contribution is -2.14. The fourth-order valence-electron chi connectivity index (χ4n) is 2.22. The third kappa shape index (κ3) is 5.85. The first kappa shape index (κ1) is 21.0. The molecule has 0 unspecified atom stereocenters. The second kappa shape index (κ2) is 10.1. The Balaban J connectivity index is 2.35. The molecule has 0 aliphatic carbocycles. The third-order valence-corrected chi connectivity index (χ3v) is 4.18. The Morgan fingerprint density at radius 1 is 1.04 bits per heavy atom. The van der Waals surface area contributed by atoms with Crippen LogP contribution in [-0.4, -0.2) is 36.1 Å². The fourth-order valence-corrected chi connectivity index (χ4v) is 2.84. The predicted octanol–water partition coefficient (Wildman–Crippen LogP) is 3.38. The Kier molecular flexibility index (Phi) is 7.58. The quantitative estimate of drug-likeness (QED) is 0.552. The Labute approximate surface area is 165 Å². The lowest BCUT2D eigenvalue weighted by atomic mass is 10.2. The number of nitrogens with one attached hydrogen (secondary N) is 2. The lowest BCUT2D eigenvalue weighted by Gasteiger charge is -2.17. The van der Waals surface area contributed by atoms with E-state index in [-0.39, 0.29) is 5.91 Å². The molecular weight excluding hydrogens is 384 g/mol. The van der Waals surface area contributed by atoms with Crippen molar-refractivity contribution < 1.29 is 29.0 Å². The number of rotatable bonds is 9. The van der Waals surface area contributed by atoms with Gasteiger partial charge in [-0.25, -0.2) is 4.79 Å². The van der Waals surface area contributed by atoms with Crippen LogP contribution in [0.4, 0.5) is 11.4 Å². The van der Waals surface area contributed by atoms with E-state index in [4.69, 9.17) is 14.6 Å². The summed E-state index contributed by atoms with van der Waals surface area (Å²) < 4.78 is 11.1. The molecule has 0 bridgehead atoms. The normalized spacial score (nSPS) is 10.5. The largest absolute Gasteiger partial charge is 0.492 e. The number of ether oxygens (including phenoxy) is 2. The second-order valence-electron chi connectivity index (χ2n) is 5.30. The summed E-state index contributed by atoms with van der Waals surface area (Å²) in [5.74, 6) is -1.51. The molecule has 28 heavy (non-hydrogen) atoms. The van der Waals surface area contributed by atoms with Gasteiger partial charge < -0.3 is 25.2 Å². The van der Waals surface area contributed by atoms with E-state index in [0.717, 1.165) is 12.2 Å². The van der Waals surface area contributed by atoms with Crippen LogP contribution in [0.25, 0.3) is 0 Å². The van der Waals surface area contributed by atoms with Gasteiger partial charge >= 0.3 is 5.97 Å². The molecule has 9 heteroatoms. The number of anilines is 2. The van der Waals surface area contributed by atoms with E-state index < -0.39 is 11.9 Å². The Morgan fingerprint density at radius 2 is 1.64 bits per heavy atom. The number of amides is 2. The molecular formula is C19H20N2O6S. The second-order valence-corrected chi connectivity index (χ2v) is 6.25.